The van der Waals surface area contributed by atoms with Crippen molar-refractivity contribution in [2.75, 3.05) is 31.2 Å². The molecule has 0 spiro atoms. The van der Waals surface area contributed by atoms with Crippen molar-refractivity contribution in [1.29, 1.82) is 0 Å². The van der Waals surface area contributed by atoms with Crippen molar-refractivity contribution in [3.8, 4) is 0 Å². The first-order valence-electron chi connectivity index (χ1n) is 4.74. The minimum absolute atomic E-state index is 0.466. The van der Waals surface area contributed by atoms with E-state index in [1.807, 2.05) is 6.07 Å². The van der Waals surface area contributed by atoms with Crippen LogP contribution in [0.25, 0.3) is 0 Å². The average Bonchev–Trinajstić information content (AvgIpc) is 2.30. The Morgan fingerprint density at radius 2 is 2.21 bits per heavy atom. The molecule has 4 heteroatoms. The maximum absolute atomic E-state index is 5.83. The number of alkyl halides is 1. The van der Waals surface area contributed by atoms with Gasteiger partial charge in [0.1, 0.15) is 0 Å². The molecule has 1 aromatic heterocycles. The Balaban J connectivity index is 2.20. The Bertz CT molecular complexity index is 300. The molecule has 0 aromatic carbocycles. The summed E-state index contributed by atoms with van der Waals surface area (Å²) in [5.74, 6) is 0.466. The molecule has 1 aliphatic rings. The highest BCUT2D eigenvalue weighted by Crippen LogP contribution is 2.20. The summed E-state index contributed by atoms with van der Waals surface area (Å²) in [4.78, 5) is 6.53. The molecule has 1 saturated heterocycles. The fraction of sp³-hybridized carbons (Fsp3) is 0.500. The second-order valence-corrected chi connectivity index (χ2v) is 3.47. The SMILES string of the molecule is ClCc1ncccc1N1CCOCC1. The number of hydrogen-bond donors (Lipinski definition) is 0. The second kappa shape index (κ2) is 4.62. The van der Waals surface area contributed by atoms with Gasteiger partial charge in [-0.15, -0.1) is 11.6 Å². The van der Waals surface area contributed by atoms with Crippen molar-refractivity contribution in [3.63, 3.8) is 0 Å². The number of nitrogens with zero attached hydrogens (tertiary/aromatic N) is 2. The molecule has 0 amide bonds. The van der Waals surface area contributed by atoms with Gasteiger partial charge in [-0.2, -0.15) is 0 Å². The van der Waals surface area contributed by atoms with Crippen molar-refractivity contribution in [2.24, 2.45) is 0 Å². The number of rotatable bonds is 2. The van der Waals surface area contributed by atoms with Crippen LogP contribution in [0.15, 0.2) is 18.3 Å². The predicted octanol–water partition coefficient (Wildman–Crippen LogP) is 1.66. The van der Waals surface area contributed by atoms with E-state index >= 15 is 0 Å². The van der Waals surface area contributed by atoms with E-state index < -0.39 is 0 Å². The van der Waals surface area contributed by atoms with E-state index in [9.17, 15) is 0 Å². The Labute approximate surface area is 88.6 Å². The van der Waals surface area contributed by atoms with E-state index in [0.717, 1.165) is 37.7 Å². The standard InChI is InChI=1S/C10H13ClN2O/c11-8-9-10(2-1-3-12-9)13-4-6-14-7-5-13/h1-3H,4-8H2. The van der Waals surface area contributed by atoms with Crippen LogP contribution >= 0.6 is 11.6 Å². The third-order valence-corrected chi connectivity index (χ3v) is 2.60. The molecule has 1 aliphatic heterocycles. The van der Waals surface area contributed by atoms with Gasteiger partial charge < -0.3 is 9.64 Å². The molecule has 76 valence electrons. The van der Waals surface area contributed by atoms with Crippen LogP contribution in [0.2, 0.25) is 0 Å². The Kier molecular flexibility index (Phi) is 3.22. The largest absolute Gasteiger partial charge is 0.378 e. The zero-order chi connectivity index (χ0) is 9.80. The van der Waals surface area contributed by atoms with Crippen LogP contribution in [0.4, 0.5) is 5.69 Å². The number of ether oxygens (including phenoxy) is 1. The maximum Gasteiger partial charge on any atom is 0.0784 e. The van der Waals surface area contributed by atoms with Crippen LogP contribution in [0, 0.1) is 0 Å². The first kappa shape index (κ1) is 9.74. The molecule has 0 atom stereocenters. The molecule has 0 aliphatic carbocycles. The number of halogens is 1. The highest BCUT2D eigenvalue weighted by Gasteiger charge is 2.14. The lowest BCUT2D eigenvalue weighted by Crippen LogP contribution is -2.36. The highest BCUT2D eigenvalue weighted by molar-refractivity contribution is 6.17. The summed E-state index contributed by atoms with van der Waals surface area (Å²) in [5, 5.41) is 0. The molecule has 3 nitrogen and oxygen atoms in total. The van der Waals surface area contributed by atoms with Gasteiger partial charge in [-0.05, 0) is 12.1 Å². The van der Waals surface area contributed by atoms with Gasteiger partial charge in [0.05, 0.1) is 30.5 Å². The molecule has 0 unspecified atom stereocenters. The van der Waals surface area contributed by atoms with Crippen LogP contribution in [-0.2, 0) is 10.6 Å². The van der Waals surface area contributed by atoms with E-state index in [4.69, 9.17) is 16.3 Å². The van der Waals surface area contributed by atoms with Gasteiger partial charge in [0.2, 0.25) is 0 Å². The lowest BCUT2D eigenvalue weighted by atomic mass is 10.2. The zero-order valence-corrected chi connectivity index (χ0v) is 8.70. The lowest BCUT2D eigenvalue weighted by molar-refractivity contribution is 0.122. The Morgan fingerprint density at radius 1 is 1.43 bits per heavy atom. The van der Waals surface area contributed by atoms with Crippen LogP contribution in [-0.4, -0.2) is 31.3 Å². The first-order chi connectivity index (χ1) is 6.92. The number of morpholine rings is 1. The van der Waals surface area contributed by atoms with E-state index in [1.165, 1.54) is 0 Å². The van der Waals surface area contributed by atoms with Crippen molar-refractivity contribution >= 4 is 17.3 Å². The summed E-state index contributed by atoms with van der Waals surface area (Å²) >= 11 is 5.83. The molecule has 2 heterocycles. The van der Waals surface area contributed by atoms with Crippen molar-refractivity contribution in [2.45, 2.75) is 5.88 Å². The number of pyridine rings is 1. The molecule has 0 N–H and O–H groups in total. The fourth-order valence-corrected chi connectivity index (χ4v) is 1.83. The van der Waals surface area contributed by atoms with Crippen molar-refractivity contribution in [1.82, 2.24) is 4.98 Å². The fourth-order valence-electron chi connectivity index (χ4n) is 1.62. The van der Waals surface area contributed by atoms with Gasteiger partial charge >= 0.3 is 0 Å². The minimum Gasteiger partial charge on any atom is -0.378 e. The molecule has 1 aromatic rings. The van der Waals surface area contributed by atoms with Gasteiger partial charge in [0.25, 0.3) is 0 Å². The van der Waals surface area contributed by atoms with Gasteiger partial charge in [-0.25, -0.2) is 0 Å². The molecule has 0 bridgehead atoms. The Hall–Kier alpha value is -0.800. The van der Waals surface area contributed by atoms with Crippen LogP contribution in [0.3, 0.4) is 0 Å². The normalized spacial score (nSPS) is 17.1. The summed E-state index contributed by atoms with van der Waals surface area (Å²) in [6, 6.07) is 4.01. The average molecular weight is 213 g/mol. The molecule has 1 fully saturated rings. The predicted molar refractivity (Wildman–Crippen MR) is 56.8 cm³/mol. The summed E-state index contributed by atoms with van der Waals surface area (Å²) in [5.41, 5.74) is 2.10. The molecule has 0 saturated carbocycles. The molecular formula is C10H13ClN2O. The number of aromatic nitrogens is 1. The zero-order valence-electron chi connectivity index (χ0n) is 7.95. The smallest absolute Gasteiger partial charge is 0.0784 e. The summed E-state index contributed by atoms with van der Waals surface area (Å²) in [6.45, 7) is 3.43. The van der Waals surface area contributed by atoms with E-state index in [-0.39, 0.29) is 0 Å². The summed E-state index contributed by atoms with van der Waals surface area (Å²) in [6.07, 6.45) is 1.78. The quantitative estimate of drug-likeness (QED) is 0.698. The molecule has 2 rings (SSSR count). The van der Waals surface area contributed by atoms with E-state index in [0.29, 0.717) is 5.88 Å². The monoisotopic (exact) mass is 212 g/mol. The summed E-state index contributed by atoms with van der Waals surface area (Å²) < 4.78 is 5.30. The van der Waals surface area contributed by atoms with E-state index in [1.54, 1.807) is 6.20 Å². The van der Waals surface area contributed by atoms with Gasteiger partial charge in [0, 0.05) is 19.3 Å². The first-order valence-corrected chi connectivity index (χ1v) is 5.28. The van der Waals surface area contributed by atoms with Gasteiger partial charge in [-0.1, -0.05) is 0 Å². The molecular weight excluding hydrogens is 200 g/mol. The number of anilines is 1. The molecule has 0 radical (unpaired) electrons. The third kappa shape index (κ3) is 1.99. The second-order valence-electron chi connectivity index (χ2n) is 3.20. The molecule has 14 heavy (non-hydrogen) atoms. The van der Waals surface area contributed by atoms with E-state index in [2.05, 4.69) is 16.0 Å². The van der Waals surface area contributed by atoms with Gasteiger partial charge in [0.15, 0.2) is 0 Å². The van der Waals surface area contributed by atoms with Crippen LogP contribution in [0.5, 0.6) is 0 Å². The lowest BCUT2D eigenvalue weighted by Gasteiger charge is -2.29. The Morgan fingerprint density at radius 3 is 2.93 bits per heavy atom. The van der Waals surface area contributed by atoms with Gasteiger partial charge in [-0.3, -0.25) is 4.98 Å². The van der Waals surface area contributed by atoms with Crippen LogP contribution < -0.4 is 4.90 Å². The van der Waals surface area contributed by atoms with Crippen LogP contribution in [0.1, 0.15) is 5.69 Å². The van der Waals surface area contributed by atoms with Crippen molar-refractivity contribution in [3.05, 3.63) is 24.0 Å². The highest BCUT2D eigenvalue weighted by atomic mass is 35.5. The van der Waals surface area contributed by atoms with Crippen molar-refractivity contribution < 1.29 is 4.74 Å². The maximum atomic E-state index is 5.83. The number of hydrogen-bond acceptors (Lipinski definition) is 3. The topological polar surface area (TPSA) is 25.4 Å². The minimum atomic E-state index is 0.466. The summed E-state index contributed by atoms with van der Waals surface area (Å²) in [7, 11) is 0. The third-order valence-electron chi connectivity index (χ3n) is 2.34.